The number of hydrogen-bond donors (Lipinski definition) is 1. The van der Waals surface area contributed by atoms with Gasteiger partial charge in [-0.1, -0.05) is 26.7 Å². The van der Waals surface area contributed by atoms with Crippen molar-refractivity contribution in [3.8, 4) is 0 Å². The monoisotopic (exact) mass is 370 g/mol. The van der Waals surface area contributed by atoms with Gasteiger partial charge in [-0.2, -0.15) is 17.5 Å². The molecule has 1 N–H and O–H groups in total. The molecule has 9 heteroatoms. The molecule has 0 aromatic rings. The Morgan fingerprint density at radius 3 is 2.21 bits per heavy atom. The summed E-state index contributed by atoms with van der Waals surface area (Å²) < 4.78 is 60.9. The Hall–Kier alpha value is -0.830. The number of halogens is 3. The summed E-state index contributed by atoms with van der Waals surface area (Å²) in [4.78, 5) is 12.5. The summed E-state index contributed by atoms with van der Waals surface area (Å²) in [6.45, 7) is 3.69. The lowest BCUT2D eigenvalue weighted by Gasteiger charge is -2.39. The first-order chi connectivity index (χ1) is 10.9. The van der Waals surface area contributed by atoms with Crippen molar-refractivity contribution >= 4 is 15.9 Å². The number of carbonyl (C=O) groups is 1. The number of nitrogens with zero attached hydrogens (tertiary/aromatic N) is 1. The fourth-order valence-electron chi connectivity index (χ4n) is 3.67. The van der Waals surface area contributed by atoms with E-state index < -0.39 is 15.5 Å². The Bertz CT molecular complexity index is 567. The highest BCUT2D eigenvalue weighted by Gasteiger charge is 2.50. The second-order valence-corrected chi connectivity index (χ2v) is 9.35. The first kappa shape index (κ1) is 19.5. The van der Waals surface area contributed by atoms with Crippen LogP contribution in [0.15, 0.2) is 0 Å². The van der Waals surface area contributed by atoms with Crippen LogP contribution in [-0.2, 0) is 14.8 Å². The molecule has 1 saturated heterocycles. The minimum Gasteiger partial charge on any atom is -0.353 e. The van der Waals surface area contributed by atoms with Crippen LogP contribution < -0.4 is 5.32 Å². The third-order valence-electron chi connectivity index (χ3n) is 5.26. The molecule has 5 nitrogen and oxygen atoms in total. The molecule has 1 heterocycles. The predicted molar refractivity (Wildman–Crippen MR) is 83.5 cm³/mol. The third kappa shape index (κ3) is 4.04. The first-order valence-corrected chi connectivity index (χ1v) is 9.76. The molecule has 1 saturated carbocycles. The number of rotatable bonds is 3. The lowest BCUT2D eigenvalue weighted by Crippen LogP contribution is -2.51. The maximum atomic E-state index is 12.6. The number of carbonyl (C=O) groups excluding carboxylic acids is 1. The maximum absolute atomic E-state index is 12.6. The molecule has 1 atom stereocenters. The highest BCUT2D eigenvalue weighted by Crippen LogP contribution is 2.40. The lowest BCUT2D eigenvalue weighted by molar-refractivity contribution is -0.131. The van der Waals surface area contributed by atoms with Crippen molar-refractivity contribution in [3.63, 3.8) is 0 Å². The van der Waals surface area contributed by atoms with Crippen molar-refractivity contribution in [1.82, 2.24) is 9.62 Å². The van der Waals surface area contributed by atoms with Gasteiger partial charge >= 0.3 is 15.5 Å². The van der Waals surface area contributed by atoms with Crippen LogP contribution in [0.2, 0.25) is 0 Å². The third-order valence-corrected chi connectivity index (χ3v) is 6.89. The minimum atomic E-state index is -5.27. The van der Waals surface area contributed by atoms with Crippen LogP contribution in [0.4, 0.5) is 13.2 Å². The van der Waals surface area contributed by atoms with Crippen LogP contribution in [0.25, 0.3) is 0 Å². The van der Waals surface area contributed by atoms with E-state index in [4.69, 9.17) is 0 Å². The van der Waals surface area contributed by atoms with Gasteiger partial charge in [0.1, 0.15) is 0 Å². The van der Waals surface area contributed by atoms with Gasteiger partial charge in [-0.25, -0.2) is 8.42 Å². The Morgan fingerprint density at radius 2 is 1.71 bits per heavy atom. The van der Waals surface area contributed by atoms with E-state index >= 15 is 0 Å². The smallest absolute Gasteiger partial charge is 0.353 e. The van der Waals surface area contributed by atoms with Crippen molar-refractivity contribution in [3.05, 3.63) is 0 Å². The van der Waals surface area contributed by atoms with Crippen molar-refractivity contribution in [2.24, 2.45) is 11.3 Å². The summed E-state index contributed by atoms with van der Waals surface area (Å²) in [6, 6.07) is -0.269. The van der Waals surface area contributed by atoms with Gasteiger partial charge in [-0.05, 0) is 31.1 Å². The quantitative estimate of drug-likeness (QED) is 0.831. The Kier molecular flexibility index (Phi) is 5.54. The molecule has 1 aliphatic carbocycles. The van der Waals surface area contributed by atoms with Crippen LogP contribution in [0.5, 0.6) is 0 Å². The molecule has 2 aliphatic rings. The van der Waals surface area contributed by atoms with Gasteiger partial charge in [0.15, 0.2) is 0 Å². The molecule has 1 unspecified atom stereocenters. The maximum Gasteiger partial charge on any atom is 0.511 e. The Labute approximate surface area is 141 Å². The second kappa shape index (κ2) is 6.82. The number of amides is 1. The topological polar surface area (TPSA) is 66.5 Å². The van der Waals surface area contributed by atoms with Gasteiger partial charge in [0.25, 0.3) is 0 Å². The molecule has 0 aromatic carbocycles. The summed E-state index contributed by atoms with van der Waals surface area (Å²) in [5.41, 5.74) is -5.35. The first-order valence-electron chi connectivity index (χ1n) is 8.32. The Balaban J connectivity index is 1.90. The van der Waals surface area contributed by atoms with Crippen LogP contribution in [0, 0.1) is 11.3 Å². The SMILES string of the molecule is CC1(C)CCCCC1C(=O)NC1CCN(S(=O)(=O)C(F)(F)F)CC1. The standard InChI is InChI=1S/C15H25F3N2O3S/c1-14(2)8-4-3-5-12(14)13(21)19-11-6-9-20(10-7-11)24(22,23)15(16,17)18/h11-12H,3-10H2,1-2H3,(H,19,21). The fourth-order valence-corrected chi connectivity index (χ4v) is 4.65. The zero-order valence-corrected chi connectivity index (χ0v) is 14.8. The lowest BCUT2D eigenvalue weighted by atomic mass is 9.68. The van der Waals surface area contributed by atoms with E-state index in [0.29, 0.717) is 4.31 Å². The molecule has 0 aromatic heterocycles. The van der Waals surface area contributed by atoms with Crippen molar-refractivity contribution in [1.29, 1.82) is 0 Å². The highest BCUT2D eigenvalue weighted by molar-refractivity contribution is 7.90. The minimum absolute atomic E-state index is 0.0585. The second-order valence-electron chi connectivity index (χ2n) is 7.42. The molecule has 140 valence electrons. The molecule has 24 heavy (non-hydrogen) atoms. The molecule has 0 spiro atoms. The summed E-state index contributed by atoms with van der Waals surface area (Å²) in [5.74, 6) is -0.153. The van der Waals surface area contributed by atoms with Crippen molar-refractivity contribution < 1.29 is 26.4 Å². The fraction of sp³-hybridized carbons (Fsp3) is 0.933. The molecule has 0 bridgehead atoms. The van der Waals surface area contributed by atoms with Gasteiger partial charge in [-0.15, -0.1) is 0 Å². The van der Waals surface area contributed by atoms with E-state index in [-0.39, 0.29) is 49.2 Å². The summed E-state index contributed by atoms with van der Waals surface area (Å²) in [7, 11) is -5.27. The molecule has 2 fully saturated rings. The van der Waals surface area contributed by atoms with Crippen LogP contribution in [0.1, 0.15) is 52.4 Å². The highest BCUT2D eigenvalue weighted by atomic mass is 32.2. The molecular formula is C15H25F3N2O3S. The zero-order valence-electron chi connectivity index (χ0n) is 14.0. The number of alkyl halides is 3. The van der Waals surface area contributed by atoms with Crippen LogP contribution >= 0.6 is 0 Å². The Morgan fingerprint density at radius 1 is 1.12 bits per heavy atom. The van der Waals surface area contributed by atoms with Gasteiger partial charge < -0.3 is 5.32 Å². The summed E-state index contributed by atoms with van der Waals surface area (Å²) >= 11 is 0. The average molecular weight is 370 g/mol. The normalized spacial score (nSPS) is 27.0. The van der Waals surface area contributed by atoms with Crippen LogP contribution in [-0.4, -0.2) is 43.3 Å². The molecule has 2 rings (SSSR count). The molecule has 1 amide bonds. The van der Waals surface area contributed by atoms with Crippen LogP contribution in [0.3, 0.4) is 0 Å². The zero-order chi connectivity index (χ0) is 18.2. The molecule has 1 aliphatic heterocycles. The van der Waals surface area contributed by atoms with Gasteiger partial charge in [0.05, 0.1) is 0 Å². The predicted octanol–water partition coefficient (Wildman–Crippen LogP) is 2.63. The van der Waals surface area contributed by atoms with E-state index in [1.165, 1.54) is 0 Å². The number of piperidine rings is 1. The molecule has 0 radical (unpaired) electrons. The molecular weight excluding hydrogens is 345 g/mol. The largest absolute Gasteiger partial charge is 0.511 e. The summed E-state index contributed by atoms with van der Waals surface area (Å²) in [5, 5.41) is 2.91. The van der Waals surface area contributed by atoms with Gasteiger partial charge in [0.2, 0.25) is 5.91 Å². The number of sulfonamides is 1. The van der Waals surface area contributed by atoms with E-state index in [9.17, 15) is 26.4 Å². The van der Waals surface area contributed by atoms with E-state index in [2.05, 4.69) is 19.2 Å². The van der Waals surface area contributed by atoms with Gasteiger partial charge in [-0.3, -0.25) is 4.79 Å². The number of nitrogens with one attached hydrogen (secondary N) is 1. The van der Waals surface area contributed by atoms with E-state index in [1.54, 1.807) is 0 Å². The van der Waals surface area contributed by atoms with E-state index in [0.717, 1.165) is 25.7 Å². The van der Waals surface area contributed by atoms with Crippen molar-refractivity contribution in [2.45, 2.75) is 63.9 Å². The van der Waals surface area contributed by atoms with Gasteiger partial charge in [0, 0.05) is 25.0 Å². The summed E-state index contributed by atoms with van der Waals surface area (Å²) in [6.07, 6.45) is 4.31. The number of hydrogen-bond acceptors (Lipinski definition) is 3. The average Bonchev–Trinajstić information content (AvgIpc) is 2.46. The van der Waals surface area contributed by atoms with Crippen molar-refractivity contribution in [2.75, 3.05) is 13.1 Å². The van der Waals surface area contributed by atoms with E-state index in [1.807, 2.05) is 0 Å².